The first-order valence-corrected chi connectivity index (χ1v) is 8.74. The SMILES string of the molecule is CCCCCc1nc2sc3c(c2c(=O)n1N)C[C@@H](C)CC3. The van der Waals surface area contributed by atoms with Crippen molar-refractivity contribution in [1.82, 2.24) is 9.66 Å². The van der Waals surface area contributed by atoms with Crippen molar-refractivity contribution >= 4 is 21.6 Å². The van der Waals surface area contributed by atoms with E-state index in [0.29, 0.717) is 5.92 Å². The Morgan fingerprint density at radius 3 is 3.00 bits per heavy atom. The van der Waals surface area contributed by atoms with Crippen LogP contribution in [0, 0.1) is 5.92 Å². The molecule has 1 aliphatic carbocycles. The molecule has 0 aromatic carbocycles. The van der Waals surface area contributed by atoms with Crippen molar-refractivity contribution in [3.05, 3.63) is 26.6 Å². The summed E-state index contributed by atoms with van der Waals surface area (Å²) < 4.78 is 1.28. The van der Waals surface area contributed by atoms with E-state index in [4.69, 9.17) is 10.8 Å². The van der Waals surface area contributed by atoms with E-state index in [1.165, 1.54) is 21.5 Å². The van der Waals surface area contributed by atoms with E-state index in [1.54, 1.807) is 11.3 Å². The molecule has 0 fully saturated rings. The molecule has 0 bridgehead atoms. The molecule has 0 spiro atoms. The van der Waals surface area contributed by atoms with Crippen LogP contribution in [0.15, 0.2) is 4.79 Å². The molecule has 0 saturated carbocycles. The largest absolute Gasteiger partial charge is 0.335 e. The number of nitrogens with zero attached hydrogens (tertiary/aromatic N) is 2. The first kappa shape index (κ1) is 14.6. The van der Waals surface area contributed by atoms with Crippen molar-refractivity contribution in [2.45, 2.75) is 58.8 Å². The summed E-state index contributed by atoms with van der Waals surface area (Å²) in [4.78, 5) is 19.6. The Balaban J connectivity index is 2.07. The highest BCUT2D eigenvalue weighted by Crippen LogP contribution is 2.35. The lowest BCUT2D eigenvalue weighted by Gasteiger charge is -2.17. The Kier molecular flexibility index (Phi) is 4.02. The lowest BCUT2D eigenvalue weighted by Crippen LogP contribution is -2.32. The zero-order valence-corrected chi connectivity index (χ0v) is 13.6. The molecule has 114 valence electrons. The average molecular weight is 305 g/mol. The van der Waals surface area contributed by atoms with Gasteiger partial charge in [0.2, 0.25) is 0 Å². The van der Waals surface area contributed by atoms with Crippen molar-refractivity contribution in [2.24, 2.45) is 5.92 Å². The molecule has 2 aromatic rings. The number of aryl methyl sites for hydroxylation is 2. The summed E-state index contributed by atoms with van der Waals surface area (Å²) >= 11 is 1.70. The first-order valence-electron chi connectivity index (χ1n) is 7.93. The Morgan fingerprint density at radius 2 is 2.24 bits per heavy atom. The summed E-state index contributed by atoms with van der Waals surface area (Å²) in [6.45, 7) is 4.42. The Labute approximate surface area is 129 Å². The third-order valence-electron chi connectivity index (χ3n) is 4.43. The molecule has 5 heteroatoms. The Morgan fingerprint density at radius 1 is 1.43 bits per heavy atom. The van der Waals surface area contributed by atoms with Gasteiger partial charge in [-0.3, -0.25) is 4.79 Å². The fraction of sp³-hybridized carbons (Fsp3) is 0.625. The van der Waals surface area contributed by atoms with Crippen molar-refractivity contribution in [3.8, 4) is 0 Å². The fourth-order valence-electron chi connectivity index (χ4n) is 3.16. The average Bonchev–Trinajstić information content (AvgIpc) is 2.82. The number of thiophene rings is 1. The van der Waals surface area contributed by atoms with E-state index in [-0.39, 0.29) is 5.56 Å². The predicted octanol–water partition coefficient (Wildman–Crippen LogP) is 3.03. The molecule has 4 nitrogen and oxygen atoms in total. The van der Waals surface area contributed by atoms with E-state index in [1.807, 2.05) is 0 Å². The van der Waals surface area contributed by atoms with Gasteiger partial charge in [-0.15, -0.1) is 11.3 Å². The van der Waals surface area contributed by atoms with E-state index < -0.39 is 0 Å². The lowest BCUT2D eigenvalue weighted by atomic mass is 9.89. The van der Waals surface area contributed by atoms with Crippen LogP contribution in [0.3, 0.4) is 0 Å². The number of fused-ring (bicyclic) bond motifs is 3. The van der Waals surface area contributed by atoms with Crippen molar-refractivity contribution in [1.29, 1.82) is 0 Å². The highest BCUT2D eigenvalue weighted by molar-refractivity contribution is 7.18. The quantitative estimate of drug-likeness (QED) is 0.697. The summed E-state index contributed by atoms with van der Waals surface area (Å²) in [5, 5.41) is 0.781. The van der Waals surface area contributed by atoms with E-state index in [9.17, 15) is 4.79 Å². The molecule has 0 radical (unpaired) electrons. The van der Waals surface area contributed by atoms with Crippen LogP contribution in [0.5, 0.6) is 0 Å². The number of unbranched alkanes of at least 4 members (excludes halogenated alkanes) is 2. The first-order chi connectivity index (χ1) is 10.1. The molecular weight excluding hydrogens is 282 g/mol. The molecule has 2 N–H and O–H groups in total. The highest BCUT2D eigenvalue weighted by atomic mass is 32.1. The van der Waals surface area contributed by atoms with Gasteiger partial charge in [0.05, 0.1) is 5.39 Å². The van der Waals surface area contributed by atoms with Crippen LogP contribution in [0.1, 0.15) is 55.8 Å². The van der Waals surface area contributed by atoms with Crippen LogP contribution in [0.4, 0.5) is 0 Å². The van der Waals surface area contributed by atoms with E-state index >= 15 is 0 Å². The second-order valence-electron chi connectivity index (χ2n) is 6.19. The van der Waals surface area contributed by atoms with Gasteiger partial charge in [-0.05, 0) is 37.2 Å². The fourth-order valence-corrected chi connectivity index (χ4v) is 4.39. The third-order valence-corrected chi connectivity index (χ3v) is 5.62. The minimum atomic E-state index is -0.0573. The van der Waals surface area contributed by atoms with Crippen LogP contribution in [0.2, 0.25) is 0 Å². The van der Waals surface area contributed by atoms with E-state index in [2.05, 4.69) is 13.8 Å². The van der Waals surface area contributed by atoms with Crippen molar-refractivity contribution in [3.63, 3.8) is 0 Å². The number of hydrogen-bond donors (Lipinski definition) is 1. The lowest BCUT2D eigenvalue weighted by molar-refractivity contribution is 0.508. The van der Waals surface area contributed by atoms with Gasteiger partial charge in [-0.2, -0.15) is 0 Å². The monoisotopic (exact) mass is 305 g/mol. The molecule has 1 aliphatic rings. The van der Waals surface area contributed by atoms with Gasteiger partial charge in [-0.1, -0.05) is 26.7 Å². The van der Waals surface area contributed by atoms with Gasteiger partial charge >= 0.3 is 0 Å². The molecule has 21 heavy (non-hydrogen) atoms. The number of rotatable bonds is 4. The minimum absolute atomic E-state index is 0.0573. The van der Waals surface area contributed by atoms with Gasteiger partial charge in [0.25, 0.3) is 5.56 Å². The molecule has 1 atom stereocenters. The maximum atomic E-state index is 12.6. The summed E-state index contributed by atoms with van der Waals surface area (Å²) in [5.41, 5.74) is 1.16. The van der Waals surface area contributed by atoms with Gasteiger partial charge < -0.3 is 5.84 Å². The van der Waals surface area contributed by atoms with Crippen LogP contribution in [-0.4, -0.2) is 9.66 Å². The summed E-state index contributed by atoms with van der Waals surface area (Å²) in [7, 11) is 0. The molecule has 3 rings (SSSR count). The smallest absolute Gasteiger partial charge is 0.280 e. The molecule has 2 aromatic heterocycles. The highest BCUT2D eigenvalue weighted by Gasteiger charge is 2.24. The second kappa shape index (κ2) is 5.79. The second-order valence-corrected chi connectivity index (χ2v) is 7.28. The minimum Gasteiger partial charge on any atom is -0.335 e. The van der Waals surface area contributed by atoms with Crippen molar-refractivity contribution < 1.29 is 0 Å². The normalized spacial score (nSPS) is 18.1. The van der Waals surface area contributed by atoms with Crippen molar-refractivity contribution in [2.75, 3.05) is 5.84 Å². The molecule has 0 aliphatic heterocycles. The summed E-state index contributed by atoms with van der Waals surface area (Å²) in [6.07, 6.45) is 7.39. The number of nitrogens with two attached hydrogens (primary N) is 1. The molecule has 2 heterocycles. The molecule has 0 amide bonds. The van der Waals surface area contributed by atoms with Gasteiger partial charge in [0.15, 0.2) is 0 Å². The van der Waals surface area contributed by atoms with Crippen LogP contribution >= 0.6 is 11.3 Å². The van der Waals surface area contributed by atoms with Crippen LogP contribution < -0.4 is 11.4 Å². The van der Waals surface area contributed by atoms with Gasteiger partial charge in [0.1, 0.15) is 10.7 Å². The number of hydrogen-bond acceptors (Lipinski definition) is 4. The van der Waals surface area contributed by atoms with Gasteiger partial charge in [-0.25, -0.2) is 9.66 Å². The third kappa shape index (κ3) is 2.59. The Hall–Kier alpha value is -1.36. The van der Waals surface area contributed by atoms with Gasteiger partial charge in [0, 0.05) is 11.3 Å². The molecule has 0 saturated heterocycles. The predicted molar refractivity (Wildman–Crippen MR) is 88.4 cm³/mol. The maximum absolute atomic E-state index is 12.6. The summed E-state index contributed by atoms with van der Waals surface area (Å²) in [6, 6.07) is 0. The summed E-state index contributed by atoms with van der Waals surface area (Å²) in [5.74, 6) is 7.38. The molecule has 0 unspecified atom stereocenters. The standard InChI is InChI=1S/C16H23N3OS/c1-3-4-5-6-13-18-15-14(16(20)19(13)17)11-9-10(2)7-8-12(11)21-15/h10H,3-9,17H2,1-2H3/t10-/m0/s1. The zero-order chi connectivity index (χ0) is 15.0. The molecular formula is C16H23N3OS. The zero-order valence-electron chi connectivity index (χ0n) is 12.8. The van der Waals surface area contributed by atoms with E-state index in [0.717, 1.165) is 54.6 Å². The Bertz CT molecular complexity index is 716. The number of nitrogen functional groups attached to an aromatic ring is 1. The van der Waals surface area contributed by atoms with Crippen LogP contribution in [0.25, 0.3) is 10.2 Å². The number of aromatic nitrogens is 2. The van der Waals surface area contributed by atoms with Crippen LogP contribution in [-0.2, 0) is 19.3 Å². The topological polar surface area (TPSA) is 60.9 Å². The maximum Gasteiger partial charge on any atom is 0.280 e.